The first-order valence-corrected chi connectivity index (χ1v) is 8.22. The zero-order valence-corrected chi connectivity index (χ0v) is 13.5. The summed E-state index contributed by atoms with van der Waals surface area (Å²) in [4.78, 5) is 11.8. The molecule has 3 nitrogen and oxygen atoms in total. The van der Waals surface area contributed by atoms with E-state index in [0.29, 0.717) is 6.54 Å². The fraction of sp³-hybridized carbons (Fsp3) is 0.611. The Bertz CT molecular complexity index is 484. The summed E-state index contributed by atoms with van der Waals surface area (Å²) in [7, 11) is 0. The van der Waals surface area contributed by atoms with Gasteiger partial charge in [0.15, 0.2) is 0 Å². The van der Waals surface area contributed by atoms with Crippen molar-refractivity contribution in [2.75, 3.05) is 18.4 Å². The Morgan fingerprint density at radius 2 is 2.14 bits per heavy atom. The van der Waals surface area contributed by atoms with Crippen LogP contribution in [0, 0.1) is 18.8 Å². The van der Waals surface area contributed by atoms with E-state index in [1.54, 1.807) is 0 Å². The highest BCUT2D eigenvalue weighted by Crippen LogP contribution is 2.29. The molecule has 0 radical (unpaired) electrons. The van der Waals surface area contributed by atoms with E-state index in [1.807, 2.05) is 25.1 Å². The molecule has 1 saturated carbocycles. The Balaban J connectivity index is 1.93. The average molecular weight is 288 g/mol. The third-order valence-electron chi connectivity index (χ3n) is 4.45. The molecule has 2 rings (SSSR count). The van der Waals surface area contributed by atoms with E-state index in [0.717, 1.165) is 35.2 Å². The fourth-order valence-electron chi connectivity index (χ4n) is 3.27. The maximum Gasteiger partial charge on any atom is 0.251 e. The van der Waals surface area contributed by atoms with E-state index in [2.05, 4.69) is 24.5 Å². The summed E-state index contributed by atoms with van der Waals surface area (Å²) in [6.07, 6.45) is 5.43. The van der Waals surface area contributed by atoms with Crippen LogP contribution >= 0.6 is 0 Å². The predicted octanol–water partition coefficient (Wildman–Crippen LogP) is 3.98. The lowest BCUT2D eigenvalue weighted by Gasteiger charge is -2.27. The minimum atomic E-state index is 0.00764. The Morgan fingerprint density at radius 3 is 2.81 bits per heavy atom. The van der Waals surface area contributed by atoms with E-state index in [9.17, 15) is 4.79 Å². The first kappa shape index (κ1) is 15.9. The first-order valence-electron chi connectivity index (χ1n) is 8.22. The van der Waals surface area contributed by atoms with Gasteiger partial charge in [-0.25, -0.2) is 0 Å². The van der Waals surface area contributed by atoms with Gasteiger partial charge in [-0.2, -0.15) is 0 Å². The first-order chi connectivity index (χ1) is 10.1. The molecule has 1 fully saturated rings. The third kappa shape index (κ3) is 4.48. The molecule has 1 aliphatic carbocycles. The van der Waals surface area contributed by atoms with Crippen LogP contribution in [0.3, 0.4) is 0 Å². The number of rotatable bonds is 5. The van der Waals surface area contributed by atoms with Gasteiger partial charge in [0.2, 0.25) is 0 Å². The molecule has 116 valence electrons. The Hall–Kier alpha value is -1.51. The quantitative estimate of drug-likeness (QED) is 0.860. The molecule has 0 aromatic heterocycles. The summed E-state index contributed by atoms with van der Waals surface area (Å²) in [6, 6.07) is 5.91. The number of carbonyl (C=O) groups excluding carboxylic acids is 1. The number of nitrogens with one attached hydrogen (secondary N) is 2. The average Bonchev–Trinajstić information content (AvgIpc) is 2.46. The minimum absolute atomic E-state index is 0.00764. The van der Waals surface area contributed by atoms with Gasteiger partial charge in [0.1, 0.15) is 0 Å². The summed E-state index contributed by atoms with van der Waals surface area (Å²) < 4.78 is 0. The van der Waals surface area contributed by atoms with E-state index in [-0.39, 0.29) is 5.91 Å². The molecule has 1 aromatic carbocycles. The maximum atomic E-state index is 11.8. The topological polar surface area (TPSA) is 41.1 Å². The van der Waals surface area contributed by atoms with Crippen molar-refractivity contribution in [1.29, 1.82) is 0 Å². The van der Waals surface area contributed by atoms with Gasteiger partial charge in [-0.1, -0.05) is 19.8 Å². The van der Waals surface area contributed by atoms with Crippen LogP contribution in [0.5, 0.6) is 0 Å². The van der Waals surface area contributed by atoms with Gasteiger partial charge in [-0.05, 0) is 62.3 Å². The molecule has 2 atom stereocenters. The number of benzene rings is 1. The molecule has 21 heavy (non-hydrogen) atoms. The zero-order valence-electron chi connectivity index (χ0n) is 13.5. The van der Waals surface area contributed by atoms with Crippen molar-refractivity contribution in [2.24, 2.45) is 11.8 Å². The van der Waals surface area contributed by atoms with Gasteiger partial charge in [0.05, 0.1) is 0 Å². The van der Waals surface area contributed by atoms with Gasteiger partial charge in [0.25, 0.3) is 5.91 Å². The van der Waals surface area contributed by atoms with Crippen molar-refractivity contribution < 1.29 is 4.79 Å². The van der Waals surface area contributed by atoms with Crippen LogP contribution in [0.25, 0.3) is 0 Å². The fourth-order valence-corrected chi connectivity index (χ4v) is 3.27. The summed E-state index contributed by atoms with van der Waals surface area (Å²) in [5.41, 5.74) is 3.04. The molecule has 1 aliphatic rings. The number of hydrogen-bond acceptors (Lipinski definition) is 2. The Kier molecular flexibility index (Phi) is 5.66. The molecule has 3 heteroatoms. The Morgan fingerprint density at radius 1 is 1.33 bits per heavy atom. The van der Waals surface area contributed by atoms with Crippen LogP contribution in [0.2, 0.25) is 0 Å². The van der Waals surface area contributed by atoms with Crippen LogP contribution in [0.15, 0.2) is 18.2 Å². The molecule has 0 heterocycles. The van der Waals surface area contributed by atoms with Crippen LogP contribution in [0.1, 0.15) is 55.5 Å². The summed E-state index contributed by atoms with van der Waals surface area (Å²) in [5.74, 6) is 1.66. The molecule has 2 unspecified atom stereocenters. The SMILES string of the molecule is CCNC(=O)c1ccc(NCC2CCCC(C)C2)c(C)c1. The molecule has 0 bridgehead atoms. The van der Waals surface area contributed by atoms with Crippen LogP contribution in [0.4, 0.5) is 5.69 Å². The molecule has 2 N–H and O–H groups in total. The van der Waals surface area contributed by atoms with E-state index >= 15 is 0 Å². The lowest BCUT2D eigenvalue weighted by molar-refractivity contribution is 0.0956. The van der Waals surface area contributed by atoms with E-state index < -0.39 is 0 Å². The maximum absolute atomic E-state index is 11.8. The van der Waals surface area contributed by atoms with Crippen molar-refractivity contribution >= 4 is 11.6 Å². The van der Waals surface area contributed by atoms with Crippen molar-refractivity contribution in [3.8, 4) is 0 Å². The van der Waals surface area contributed by atoms with Crippen molar-refractivity contribution in [1.82, 2.24) is 5.32 Å². The van der Waals surface area contributed by atoms with Gasteiger partial charge in [-0.3, -0.25) is 4.79 Å². The second-order valence-corrected chi connectivity index (χ2v) is 6.41. The standard InChI is InChI=1S/C18H28N2O/c1-4-19-18(21)16-8-9-17(14(3)11-16)20-12-15-7-5-6-13(2)10-15/h8-9,11,13,15,20H,4-7,10,12H2,1-3H3,(H,19,21). The van der Waals surface area contributed by atoms with E-state index in [1.165, 1.54) is 25.7 Å². The monoisotopic (exact) mass is 288 g/mol. The van der Waals surface area contributed by atoms with Crippen LogP contribution in [-0.4, -0.2) is 19.0 Å². The zero-order chi connectivity index (χ0) is 15.2. The number of carbonyl (C=O) groups is 1. The summed E-state index contributed by atoms with van der Waals surface area (Å²) >= 11 is 0. The lowest BCUT2D eigenvalue weighted by Crippen LogP contribution is -2.23. The van der Waals surface area contributed by atoms with Crippen molar-refractivity contribution in [3.63, 3.8) is 0 Å². The van der Waals surface area contributed by atoms with Crippen molar-refractivity contribution in [2.45, 2.75) is 46.5 Å². The number of hydrogen-bond donors (Lipinski definition) is 2. The van der Waals surface area contributed by atoms with Crippen LogP contribution in [-0.2, 0) is 0 Å². The summed E-state index contributed by atoms with van der Waals surface area (Å²) in [5, 5.41) is 6.41. The van der Waals surface area contributed by atoms with Gasteiger partial charge in [0, 0.05) is 24.3 Å². The van der Waals surface area contributed by atoms with Crippen molar-refractivity contribution in [3.05, 3.63) is 29.3 Å². The second kappa shape index (κ2) is 7.48. The molecular formula is C18H28N2O. The van der Waals surface area contributed by atoms with Gasteiger partial charge < -0.3 is 10.6 Å². The predicted molar refractivity (Wildman–Crippen MR) is 88.8 cm³/mol. The molecule has 0 aliphatic heterocycles. The number of amides is 1. The van der Waals surface area contributed by atoms with E-state index in [4.69, 9.17) is 0 Å². The highest BCUT2D eigenvalue weighted by atomic mass is 16.1. The number of anilines is 1. The normalized spacial score (nSPS) is 21.9. The largest absolute Gasteiger partial charge is 0.385 e. The molecule has 0 spiro atoms. The molecule has 1 amide bonds. The van der Waals surface area contributed by atoms with Gasteiger partial charge in [-0.15, -0.1) is 0 Å². The van der Waals surface area contributed by atoms with Gasteiger partial charge >= 0.3 is 0 Å². The number of aryl methyl sites for hydroxylation is 1. The minimum Gasteiger partial charge on any atom is -0.385 e. The second-order valence-electron chi connectivity index (χ2n) is 6.41. The van der Waals surface area contributed by atoms with Crippen LogP contribution < -0.4 is 10.6 Å². The molecule has 1 aromatic rings. The molecular weight excluding hydrogens is 260 g/mol. The lowest BCUT2D eigenvalue weighted by atomic mass is 9.82. The highest BCUT2D eigenvalue weighted by Gasteiger charge is 2.18. The Labute approximate surface area is 128 Å². The molecule has 0 saturated heterocycles. The smallest absolute Gasteiger partial charge is 0.251 e. The summed E-state index contributed by atoms with van der Waals surface area (Å²) in [6.45, 7) is 8.07. The third-order valence-corrected chi connectivity index (χ3v) is 4.45. The highest BCUT2D eigenvalue weighted by molar-refractivity contribution is 5.94.